The smallest absolute Gasteiger partial charge is 0.383 e. The Morgan fingerprint density at radius 1 is 1.29 bits per heavy atom. The van der Waals surface area contributed by atoms with E-state index in [4.69, 9.17) is 4.74 Å². The quantitative estimate of drug-likeness (QED) is 0.840. The van der Waals surface area contributed by atoms with Gasteiger partial charge in [-0.05, 0) is 30.5 Å². The zero-order valence-electron chi connectivity index (χ0n) is 12.2. The molecule has 6 heteroatoms. The Balaban J connectivity index is 2.46. The van der Waals surface area contributed by atoms with Crippen molar-refractivity contribution in [2.75, 3.05) is 13.7 Å². The van der Waals surface area contributed by atoms with E-state index < -0.39 is 11.7 Å². The number of halogens is 3. The number of nitrogens with one attached hydrogen (secondary N) is 1. The van der Waals surface area contributed by atoms with E-state index in [9.17, 15) is 18.0 Å². The Labute approximate surface area is 122 Å². The SMILES string of the molecule is CC[C@H](COC)NC(=O)CCc1ccc(C(F)(F)F)cc1. The fourth-order valence-corrected chi connectivity index (χ4v) is 1.88. The van der Waals surface area contributed by atoms with E-state index in [-0.39, 0.29) is 18.4 Å². The van der Waals surface area contributed by atoms with E-state index in [1.807, 2.05) is 6.92 Å². The maximum atomic E-state index is 12.4. The summed E-state index contributed by atoms with van der Waals surface area (Å²) in [4.78, 5) is 11.7. The molecule has 1 rings (SSSR count). The van der Waals surface area contributed by atoms with Crippen LogP contribution in [0.15, 0.2) is 24.3 Å². The van der Waals surface area contributed by atoms with Gasteiger partial charge in [-0.25, -0.2) is 0 Å². The van der Waals surface area contributed by atoms with Crippen molar-refractivity contribution in [3.05, 3.63) is 35.4 Å². The van der Waals surface area contributed by atoms with Gasteiger partial charge in [0, 0.05) is 13.5 Å². The molecule has 0 bridgehead atoms. The summed E-state index contributed by atoms with van der Waals surface area (Å²) in [5.74, 6) is -0.126. The highest BCUT2D eigenvalue weighted by molar-refractivity contribution is 5.76. The number of carbonyl (C=O) groups excluding carboxylic acids is 1. The average Bonchev–Trinajstić information content (AvgIpc) is 2.44. The molecule has 1 N–H and O–H groups in total. The van der Waals surface area contributed by atoms with Gasteiger partial charge in [0.05, 0.1) is 18.2 Å². The molecule has 0 aromatic heterocycles. The summed E-state index contributed by atoms with van der Waals surface area (Å²) >= 11 is 0. The predicted molar refractivity (Wildman–Crippen MR) is 73.9 cm³/mol. The lowest BCUT2D eigenvalue weighted by atomic mass is 10.1. The monoisotopic (exact) mass is 303 g/mol. The number of alkyl halides is 3. The Bertz CT molecular complexity index is 443. The van der Waals surface area contributed by atoms with Crippen molar-refractivity contribution >= 4 is 5.91 Å². The van der Waals surface area contributed by atoms with E-state index >= 15 is 0 Å². The molecule has 0 aliphatic heterocycles. The highest BCUT2D eigenvalue weighted by Crippen LogP contribution is 2.29. The van der Waals surface area contributed by atoms with Crippen molar-refractivity contribution in [2.45, 2.75) is 38.4 Å². The van der Waals surface area contributed by atoms with E-state index in [0.29, 0.717) is 18.6 Å². The number of hydrogen-bond acceptors (Lipinski definition) is 2. The molecule has 0 saturated heterocycles. The van der Waals surface area contributed by atoms with Gasteiger partial charge in [0.25, 0.3) is 0 Å². The normalized spacial score (nSPS) is 13.0. The first-order valence-corrected chi connectivity index (χ1v) is 6.81. The number of methoxy groups -OCH3 is 1. The van der Waals surface area contributed by atoms with Crippen molar-refractivity contribution in [3.8, 4) is 0 Å². The lowest BCUT2D eigenvalue weighted by molar-refractivity contribution is -0.137. The third-order valence-corrected chi connectivity index (χ3v) is 3.15. The molecule has 0 saturated carbocycles. The molecular weight excluding hydrogens is 283 g/mol. The molecule has 1 amide bonds. The van der Waals surface area contributed by atoms with E-state index in [2.05, 4.69) is 5.32 Å². The van der Waals surface area contributed by atoms with E-state index in [1.54, 1.807) is 7.11 Å². The van der Waals surface area contributed by atoms with Crippen LogP contribution in [0.1, 0.15) is 30.9 Å². The van der Waals surface area contributed by atoms with Gasteiger partial charge >= 0.3 is 6.18 Å². The third-order valence-electron chi connectivity index (χ3n) is 3.15. The first kappa shape index (κ1) is 17.5. The molecule has 0 heterocycles. The van der Waals surface area contributed by atoms with Crippen molar-refractivity contribution in [1.29, 1.82) is 0 Å². The van der Waals surface area contributed by atoms with Gasteiger partial charge in [0.1, 0.15) is 0 Å². The summed E-state index contributed by atoms with van der Waals surface area (Å²) in [7, 11) is 1.57. The Morgan fingerprint density at radius 2 is 1.90 bits per heavy atom. The topological polar surface area (TPSA) is 38.3 Å². The molecule has 118 valence electrons. The van der Waals surface area contributed by atoms with Gasteiger partial charge in [0.15, 0.2) is 0 Å². The summed E-state index contributed by atoms with van der Waals surface area (Å²) in [6.07, 6.45) is -2.91. The van der Waals surface area contributed by atoms with Crippen molar-refractivity contribution < 1.29 is 22.7 Å². The largest absolute Gasteiger partial charge is 0.416 e. The van der Waals surface area contributed by atoms with Crippen LogP contribution in [-0.4, -0.2) is 25.7 Å². The zero-order chi connectivity index (χ0) is 15.9. The van der Waals surface area contributed by atoms with Crippen LogP contribution < -0.4 is 5.32 Å². The Hall–Kier alpha value is -1.56. The van der Waals surface area contributed by atoms with Crippen molar-refractivity contribution in [2.24, 2.45) is 0 Å². The third kappa shape index (κ3) is 6.16. The summed E-state index contributed by atoms with van der Waals surface area (Å²) < 4.78 is 42.2. The van der Waals surface area contributed by atoms with Crippen LogP contribution in [0, 0.1) is 0 Å². The molecule has 0 fully saturated rings. The van der Waals surface area contributed by atoms with Crippen LogP contribution in [0.25, 0.3) is 0 Å². The van der Waals surface area contributed by atoms with Crippen LogP contribution in [0.4, 0.5) is 13.2 Å². The zero-order valence-corrected chi connectivity index (χ0v) is 12.2. The summed E-state index contributed by atoms with van der Waals surface area (Å²) in [5.41, 5.74) is 0.0276. The molecule has 1 aromatic carbocycles. The Kier molecular flexibility index (Phi) is 6.68. The fraction of sp³-hybridized carbons (Fsp3) is 0.533. The van der Waals surface area contributed by atoms with Gasteiger partial charge in [-0.2, -0.15) is 13.2 Å². The molecule has 0 aliphatic carbocycles. The van der Waals surface area contributed by atoms with Crippen LogP contribution in [0.5, 0.6) is 0 Å². The summed E-state index contributed by atoms with van der Waals surface area (Å²) in [5, 5.41) is 2.83. The molecule has 1 aromatic rings. The minimum Gasteiger partial charge on any atom is -0.383 e. The minimum atomic E-state index is -4.33. The maximum absolute atomic E-state index is 12.4. The van der Waals surface area contributed by atoms with Crippen LogP contribution in [0.3, 0.4) is 0 Å². The van der Waals surface area contributed by atoms with Crippen molar-refractivity contribution in [1.82, 2.24) is 5.32 Å². The number of ether oxygens (including phenoxy) is 1. The first-order chi connectivity index (χ1) is 9.86. The molecular formula is C15H20F3NO2. The van der Waals surface area contributed by atoms with Gasteiger partial charge < -0.3 is 10.1 Å². The van der Waals surface area contributed by atoms with Crippen LogP contribution in [-0.2, 0) is 22.1 Å². The number of hydrogen-bond donors (Lipinski definition) is 1. The van der Waals surface area contributed by atoms with Gasteiger partial charge in [-0.3, -0.25) is 4.79 Å². The molecule has 3 nitrogen and oxygen atoms in total. The average molecular weight is 303 g/mol. The molecule has 0 aliphatic rings. The van der Waals surface area contributed by atoms with Gasteiger partial charge in [0.2, 0.25) is 5.91 Å². The standard InChI is InChI=1S/C15H20F3NO2/c1-3-13(10-21-2)19-14(20)9-6-11-4-7-12(8-5-11)15(16,17)18/h4-5,7-8,13H,3,6,9-10H2,1-2H3,(H,19,20)/t13-/m1/s1. The number of rotatable bonds is 7. The molecule has 0 spiro atoms. The second-order valence-corrected chi connectivity index (χ2v) is 4.82. The van der Waals surface area contributed by atoms with Crippen molar-refractivity contribution in [3.63, 3.8) is 0 Å². The number of aryl methyl sites for hydroxylation is 1. The number of carbonyl (C=O) groups is 1. The predicted octanol–water partition coefficient (Wildman–Crippen LogP) is 3.18. The highest BCUT2D eigenvalue weighted by atomic mass is 19.4. The number of amides is 1. The summed E-state index contributed by atoms with van der Waals surface area (Å²) in [6, 6.07) is 4.85. The second kappa shape index (κ2) is 8.02. The molecule has 1 atom stereocenters. The minimum absolute atomic E-state index is 0.0323. The lowest BCUT2D eigenvalue weighted by Crippen LogP contribution is -2.37. The van der Waals surface area contributed by atoms with Gasteiger partial charge in [-0.15, -0.1) is 0 Å². The second-order valence-electron chi connectivity index (χ2n) is 4.82. The van der Waals surface area contributed by atoms with E-state index in [1.165, 1.54) is 12.1 Å². The van der Waals surface area contributed by atoms with Crippen LogP contribution >= 0.6 is 0 Å². The molecule has 0 radical (unpaired) electrons. The van der Waals surface area contributed by atoms with Crippen LogP contribution in [0.2, 0.25) is 0 Å². The first-order valence-electron chi connectivity index (χ1n) is 6.81. The summed E-state index contributed by atoms with van der Waals surface area (Å²) in [6.45, 7) is 2.39. The highest BCUT2D eigenvalue weighted by Gasteiger charge is 2.29. The van der Waals surface area contributed by atoms with Gasteiger partial charge in [-0.1, -0.05) is 19.1 Å². The molecule has 21 heavy (non-hydrogen) atoms. The maximum Gasteiger partial charge on any atom is 0.416 e. The molecule has 0 unspecified atom stereocenters. The lowest BCUT2D eigenvalue weighted by Gasteiger charge is -2.15. The fourth-order valence-electron chi connectivity index (χ4n) is 1.88. The van der Waals surface area contributed by atoms with E-state index in [0.717, 1.165) is 18.6 Å². The number of benzene rings is 1. The Morgan fingerprint density at radius 3 is 2.38 bits per heavy atom.